The van der Waals surface area contributed by atoms with Crippen LogP contribution in [0.25, 0.3) is 0 Å². The summed E-state index contributed by atoms with van der Waals surface area (Å²) >= 11 is 0. The molecule has 2 N–H and O–H groups in total. The van der Waals surface area contributed by atoms with Crippen molar-refractivity contribution in [2.45, 2.75) is 83.1 Å². The number of unbranched alkanes of at least 4 members (excludes halogenated alkanes) is 1. The normalized spacial score (nSPS) is 34.1. The molecule has 8 heteroatoms. The lowest BCUT2D eigenvalue weighted by Gasteiger charge is -2.40. The number of aliphatic hydroxyl groups excluding tert-OH is 1. The Hall–Kier alpha value is -1.93. The van der Waals surface area contributed by atoms with E-state index in [-0.39, 0.29) is 24.3 Å². The van der Waals surface area contributed by atoms with Gasteiger partial charge in [0.05, 0.1) is 30.1 Å². The quantitative estimate of drug-likeness (QED) is 0.467. The molecule has 8 nitrogen and oxygen atoms in total. The Morgan fingerprint density at radius 2 is 2.06 bits per heavy atom. The highest BCUT2D eigenvalue weighted by Gasteiger charge is 2.78. The van der Waals surface area contributed by atoms with Crippen LogP contribution in [-0.2, 0) is 19.1 Å². The first-order valence-corrected chi connectivity index (χ1v) is 11.8. The lowest BCUT2D eigenvalue weighted by Crippen LogP contribution is -2.59. The zero-order valence-electron chi connectivity index (χ0n) is 19.7. The molecule has 0 aromatic carbocycles. The first kappa shape index (κ1) is 24.7. The van der Waals surface area contributed by atoms with Crippen LogP contribution in [0.3, 0.4) is 0 Å². The first-order chi connectivity index (χ1) is 15.1. The van der Waals surface area contributed by atoms with Gasteiger partial charge < -0.3 is 24.7 Å². The van der Waals surface area contributed by atoms with E-state index in [4.69, 9.17) is 4.74 Å². The molecule has 32 heavy (non-hydrogen) atoms. The molecular weight excluding hydrogens is 412 g/mol. The number of hydrogen-bond donors (Lipinski definition) is 2. The van der Waals surface area contributed by atoms with Gasteiger partial charge in [0, 0.05) is 13.1 Å². The van der Waals surface area contributed by atoms with Gasteiger partial charge in [-0.1, -0.05) is 33.3 Å². The van der Waals surface area contributed by atoms with E-state index >= 15 is 0 Å². The van der Waals surface area contributed by atoms with Gasteiger partial charge in [-0.25, -0.2) is 0 Å². The van der Waals surface area contributed by atoms with Crippen molar-refractivity contribution < 1.29 is 29.3 Å². The van der Waals surface area contributed by atoms with Crippen molar-refractivity contribution in [2.75, 3.05) is 19.7 Å². The van der Waals surface area contributed by atoms with Crippen LogP contribution in [0.1, 0.15) is 59.8 Å². The monoisotopic (exact) mass is 450 g/mol. The summed E-state index contributed by atoms with van der Waals surface area (Å²) in [5.41, 5.74) is -2.15. The maximum absolute atomic E-state index is 14.0. The van der Waals surface area contributed by atoms with Gasteiger partial charge in [-0.15, -0.1) is 6.58 Å². The highest BCUT2D eigenvalue weighted by atomic mass is 16.5. The highest BCUT2D eigenvalue weighted by Crippen LogP contribution is 2.63. The minimum Gasteiger partial charge on any atom is -0.481 e. The smallest absolute Gasteiger partial charge is 0.310 e. The number of aliphatic hydroxyl groups is 1. The molecule has 2 amide bonds. The number of aliphatic carboxylic acids is 1. The topological polar surface area (TPSA) is 107 Å². The summed E-state index contributed by atoms with van der Waals surface area (Å²) in [6, 6.07) is -1.52. The predicted octanol–water partition coefficient (Wildman–Crippen LogP) is 2.06. The van der Waals surface area contributed by atoms with Gasteiger partial charge in [-0.3, -0.25) is 14.4 Å². The van der Waals surface area contributed by atoms with E-state index in [9.17, 15) is 24.6 Å². The molecule has 1 spiro atoms. The molecule has 6 atom stereocenters. The van der Waals surface area contributed by atoms with Gasteiger partial charge in [0.2, 0.25) is 11.8 Å². The molecule has 3 aliphatic heterocycles. The molecule has 0 saturated carbocycles. The highest BCUT2D eigenvalue weighted by molar-refractivity contribution is 5.98. The largest absolute Gasteiger partial charge is 0.481 e. The minimum absolute atomic E-state index is 0.183. The molecule has 180 valence electrons. The average Bonchev–Trinajstić information content (AvgIpc) is 3.29. The second-order valence-electron chi connectivity index (χ2n) is 10.2. The number of rotatable bonds is 11. The van der Waals surface area contributed by atoms with Crippen LogP contribution in [0, 0.1) is 17.8 Å². The third-order valence-corrected chi connectivity index (χ3v) is 7.50. The number of fused-ring (bicyclic) bond motifs is 1. The van der Waals surface area contributed by atoms with Gasteiger partial charge in [-0.05, 0) is 38.5 Å². The summed E-state index contributed by atoms with van der Waals surface area (Å²) in [5, 5.41) is 20.2. The van der Waals surface area contributed by atoms with Crippen molar-refractivity contribution >= 4 is 17.8 Å². The lowest BCUT2D eigenvalue weighted by molar-refractivity contribution is -0.158. The summed E-state index contributed by atoms with van der Waals surface area (Å²) in [6.07, 6.45) is 4.82. The maximum Gasteiger partial charge on any atom is 0.310 e. The molecule has 0 aliphatic carbocycles. The Labute approximate surface area is 190 Å². The average molecular weight is 451 g/mol. The summed E-state index contributed by atoms with van der Waals surface area (Å²) in [4.78, 5) is 43.2. The van der Waals surface area contributed by atoms with Gasteiger partial charge in [0.1, 0.15) is 11.6 Å². The Bertz CT molecular complexity index is 770. The number of ether oxygens (including phenoxy) is 1. The lowest BCUT2D eigenvalue weighted by atomic mass is 9.66. The van der Waals surface area contributed by atoms with E-state index in [1.807, 2.05) is 20.8 Å². The third-order valence-electron chi connectivity index (χ3n) is 7.50. The number of likely N-dealkylation sites (tertiary alicyclic amines) is 1. The number of carbonyl (C=O) groups excluding carboxylic acids is 2. The number of carboxylic acids is 1. The maximum atomic E-state index is 14.0. The molecule has 2 bridgehead atoms. The van der Waals surface area contributed by atoms with Gasteiger partial charge in [0.15, 0.2) is 0 Å². The SMILES string of the molecule is C=CCN(CCCC)C(=O)C1N([C@@H](CO)CC(C)C)C(=O)[C@@H]2[C@@H](C(=O)O)[C@@]3(C)CCC12O3. The molecule has 3 aliphatic rings. The Morgan fingerprint density at radius 3 is 2.59 bits per heavy atom. The van der Waals surface area contributed by atoms with Crippen LogP contribution in [0.15, 0.2) is 12.7 Å². The fraction of sp³-hybridized carbons (Fsp3) is 0.792. The fourth-order valence-electron chi connectivity index (χ4n) is 6.20. The Morgan fingerprint density at radius 1 is 1.38 bits per heavy atom. The third kappa shape index (κ3) is 3.75. The molecule has 0 aromatic heterocycles. The Balaban J connectivity index is 2.10. The van der Waals surface area contributed by atoms with Crippen LogP contribution in [0.4, 0.5) is 0 Å². The van der Waals surface area contributed by atoms with E-state index in [1.54, 1.807) is 17.9 Å². The van der Waals surface area contributed by atoms with Crippen molar-refractivity contribution in [3.8, 4) is 0 Å². The van der Waals surface area contributed by atoms with Crippen molar-refractivity contribution in [3.05, 3.63) is 12.7 Å². The summed E-state index contributed by atoms with van der Waals surface area (Å²) in [7, 11) is 0. The van der Waals surface area contributed by atoms with E-state index in [0.29, 0.717) is 32.4 Å². The van der Waals surface area contributed by atoms with Crippen LogP contribution in [0.2, 0.25) is 0 Å². The van der Waals surface area contributed by atoms with Crippen molar-refractivity contribution in [3.63, 3.8) is 0 Å². The van der Waals surface area contributed by atoms with Crippen molar-refractivity contribution in [2.24, 2.45) is 17.8 Å². The van der Waals surface area contributed by atoms with Crippen molar-refractivity contribution in [1.82, 2.24) is 9.80 Å². The van der Waals surface area contributed by atoms with Gasteiger partial charge in [0.25, 0.3) is 0 Å². The predicted molar refractivity (Wildman–Crippen MR) is 119 cm³/mol. The number of hydrogen-bond acceptors (Lipinski definition) is 5. The van der Waals surface area contributed by atoms with E-state index in [2.05, 4.69) is 6.58 Å². The van der Waals surface area contributed by atoms with E-state index in [0.717, 1.165) is 12.8 Å². The number of nitrogens with zero attached hydrogens (tertiary/aromatic N) is 2. The summed E-state index contributed by atoms with van der Waals surface area (Å²) in [5.74, 6) is -3.45. The zero-order valence-corrected chi connectivity index (χ0v) is 19.7. The molecule has 3 rings (SSSR count). The summed E-state index contributed by atoms with van der Waals surface area (Å²) < 4.78 is 6.41. The molecule has 3 heterocycles. The van der Waals surface area contributed by atoms with Crippen LogP contribution < -0.4 is 0 Å². The molecule has 0 radical (unpaired) electrons. The van der Waals surface area contributed by atoms with E-state index < -0.39 is 41.1 Å². The Kier molecular flexibility index (Phi) is 7.05. The van der Waals surface area contributed by atoms with Crippen LogP contribution in [-0.4, -0.2) is 80.8 Å². The molecule has 3 saturated heterocycles. The standard InChI is InChI=1S/C24H38N2O6/c1-6-8-12-25(11-7-2)21(29)19-24-10-9-23(5,32-24)18(22(30)31)17(24)20(28)26(19)16(14-27)13-15(3)4/h7,15-19,27H,2,6,8-14H2,1,3-5H3,(H,30,31)/t16-,17+,18+,19?,23-,24?/m1/s1. The second kappa shape index (κ2) is 9.14. The van der Waals surface area contributed by atoms with Crippen molar-refractivity contribution in [1.29, 1.82) is 0 Å². The molecule has 3 fully saturated rings. The number of carboxylic acid groups (broad SMARTS) is 1. The van der Waals surface area contributed by atoms with Crippen LogP contribution in [0.5, 0.6) is 0 Å². The van der Waals surface area contributed by atoms with Crippen LogP contribution >= 0.6 is 0 Å². The molecule has 0 aromatic rings. The summed E-state index contributed by atoms with van der Waals surface area (Å²) in [6.45, 7) is 12.1. The molecule has 2 unspecified atom stereocenters. The number of amides is 2. The fourth-order valence-corrected chi connectivity index (χ4v) is 6.20. The molecular formula is C24H38N2O6. The first-order valence-electron chi connectivity index (χ1n) is 11.8. The van der Waals surface area contributed by atoms with Gasteiger partial charge >= 0.3 is 5.97 Å². The second-order valence-corrected chi connectivity index (χ2v) is 10.2. The number of carbonyl (C=O) groups is 3. The minimum atomic E-state index is -1.18. The van der Waals surface area contributed by atoms with E-state index in [1.165, 1.54) is 4.90 Å². The van der Waals surface area contributed by atoms with Gasteiger partial charge in [-0.2, -0.15) is 0 Å². The zero-order chi connectivity index (χ0) is 23.8.